The Kier molecular flexibility index (Phi) is 5.03. The van der Waals surface area contributed by atoms with E-state index in [1.54, 1.807) is 24.3 Å². The Balaban J connectivity index is 1.92. The number of aryl methyl sites for hydroxylation is 1. The van der Waals surface area contributed by atoms with Gasteiger partial charge in [-0.2, -0.15) is 13.2 Å². The molecular formula is C18H14F3N3S. The molecule has 0 saturated carbocycles. The van der Waals surface area contributed by atoms with Crippen molar-refractivity contribution in [2.45, 2.75) is 23.9 Å². The van der Waals surface area contributed by atoms with E-state index in [-0.39, 0.29) is 10.9 Å². The van der Waals surface area contributed by atoms with Gasteiger partial charge in [0.05, 0.1) is 0 Å². The number of hydrogen-bond donors (Lipinski definition) is 0. The molecule has 0 spiro atoms. The van der Waals surface area contributed by atoms with Gasteiger partial charge in [-0.05, 0) is 12.5 Å². The molecule has 25 heavy (non-hydrogen) atoms. The van der Waals surface area contributed by atoms with Crippen molar-refractivity contribution in [1.29, 1.82) is 0 Å². The van der Waals surface area contributed by atoms with E-state index < -0.39 is 11.9 Å². The third kappa shape index (κ3) is 4.36. The Morgan fingerprint density at radius 1 is 0.920 bits per heavy atom. The highest BCUT2D eigenvalue weighted by Crippen LogP contribution is 2.35. The number of hydrogen-bond acceptors (Lipinski definition) is 4. The van der Waals surface area contributed by atoms with Crippen molar-refractivity contribution >= 4 is 11.8 Å². The van der Waals surface area contributed by atoms with Gasteiger partial charge in [0.15, 0.2) is 11.5 Å². The Bertz CT molecular complexity index is 850. The van der Waals surface area contributed by atoms with Crippen molar-refractivity contribution in [3.05, 3.63) is 71.4 Å². The lowest BCUT2D eigenvalue weighted by Crippen LogP contribution is -2.13. The molecule has 0 aliphatic heterocycles. The SMILES string of the molecule is Cc1ccc(CSc2nc(-c3ccccc3)nnc2C(F)(F)F)cc1. The van der Waals surface area contributed by atoms with E-state index in [0.717, 1.165) is 22.9 Å². The monoisotopic (exact) mass is 361 g/mol. The Morgan fingerprint density at radius 2 is 1.60 bits per heavy atom. The molecule has 0 unspecified atom stereocenters. The fourth-order valence-corrected chi connectivity index (χ4v) is 3.08. The molecule has 128 valence electrons. The van der Waals surface area contributed by atoms with Gasteiger partial charge in [-0.15, -0.1) is 10.2 Å². The molecule has 0 bridgehead atoms. The minimum Gasteiger partial charge on any atom is -0.218 e. The summed E-state index contributed by atoms with van der Waals surface area (Å²) in [4.78, 5) is 4.11. The fraction of sp³-hybridized carbons (Fsp3) is 0.167. The summed E-state index contributed by atoms with van der Waals surface area (Å²) in [6.07, 6.45) is -4.59. The maximum atomic E-state index is 13.2. The van der Waals surface area contributed by atoms with E-state index in [2.05, 4.69) is 15.2 Å². The van der Waals surface area contributed by atoms with Gasteiger partial charge >= 0.3 is 6.18 Å². The predicted octanol–water partition coefficient (Wildman–Crippen LogP) is 5.16. The van der Waals surface area contributed by atoms with E-state index in [9.17, 15) is 13.2 Å². The average molecular weight is 361 g/mol. The molecule has 0 saturated heterocycles. The van der Waals surface area contributed by atoms with E-state index in [0.29, 0.717) is 11.3 Å². The second kappa shape index (κ2) is 7.23. The molecule has 0 amide bonds. The fourth-order valence-electron chi connectivity index (χ4n) is 2.14. The van der Waals surface area contributed by atoms with Crippen LogP contribution >= 0.6 is 11.8 Å². The predicted molar refractivity (Wildman–Crippen MR) is 91.0 cm³/mol. The number of thioether (sulfide) groups is 1. The molecule has 7 heteroatoms. The van der Waals surface area contributed by atoms with Gasteiger partial charge in [0, 0.05) is 11.3 Å². The van der Waals surface area contributed by atoms with Gasteiger partial charge in [0.25, 0.3) is 0 Å². The second-order valence-electron chi connectivity index (χ2n) is 5.43. The minimum absolute atomic E-state index is 0.165. The lowest BCUT2D eigenvalue weighted by Gasteiger charge is -2.11. The number of alkyl halides is 3. The molecule has 0 aliphatic carbocycles. The molecule has 3 rings (SSSR count). The first kappa shape index (κ1) is 17.4. The largest absolute Gasteiger partial charge is 0.437 e. The molecule has 1 aromatic heterocycles. The maximum absolute atomic E-state index is 13.2. The number of rotatable bonds is 4. The first-order valence-electron chi connectivity index (χ1n) is 7.49. The highest BCUT2D eigenvalue weighted by Gasteiger charge is 2.37. The number of halogens is 3. The Morgan fingerprint density at radius 3 is 2.24 bits per heavy atom. The number of aromatic nitrogens is 3. The van der Waals surface area contributed by atoms with E-state index >= 15 is 0 Å². The molecular weight excluding hydrogens is 347 g/mol. The zero-order chi connectivity index (χ0) is 17.9. The van der Waals surface area contributed by atoms with Crippen LogP contribution in [0.25, 0.3) is 11.4 Å². The summed E-state index contributed by atoms with van der Waals surface area (Å²) in [7, 11) is 0. The Hall–Kier alpha value is -2.41. The average Bonchev–Trinajstić information content (AvgIpc) is 2.61. The molecule has 3 nitrogen and oxygen atoms in total. The normalized spacial score (nSPS) is 11.5. The summed E-state index contributed by atoms with van der Waals surface area (Å²) < 4.78 is 39.6. The van der Waals surface area contributed by atoms with Crippen LogP contribution in [0.15, 0.2) is 59.6 Å². The summed E-state index contributed by atoms with van der Waals surface area (Å²) in [5, 5.41) is 6.88. The van der Waals surface area contributed by atoms with Crippen LogP contribution in [-0.4, -0.2) is 15.2 Å². The first-order valence-corrected chi connectivity index (χ1v) is 8.48. The van der Waals surface area contributed by atoms with Crippen LogP contribution in [0.1, 0.15) is 16.8 Å². The van der Waals surface area contributed by atoms with E-state index in [1.807, 2.05) is 37.3 Å². The van der Waals surface area contributed by atoms with Crippen LogP contribution in [-0.2, 0) is 11.9 Å². The second-order valence-corrected chi connectivity index (χ2v) is 6.39. The number of nitrogens with zero attached hydrogens (tertiary/aromatic N) is 3. The topological polar surface area (TPSA) is 38.7 Å². The van der Waals surface area contributed by atoms with E-state index in [4.69, 9.17) is 0 Å². The van der Waals surface area contributed by atoms with Gasteiger partial charge in [0.1, 0.15) is 5.03 Å². The third-order valence-corrected chi connectivity index (χ3v) is 4.49. The van der Waals surface area contributed by atoms with Crippen LogP contribution in [0.5, 0.6) is 0 Å². The molecule has 0 radical (unpaired) electrons. The highest BCUT2D eigenvalue weighted by atomic mass is 32.2. The van der Waals surface area contributed by atoms with Crippen LogP contribution in [0.4, 0.5) is 13.2 Å². The summed E-state index contributed by atoms with van der Waals surface area (Å²) in [6, 6.07) is 16.5. The zero-order valence-electron chi connectivity index (χ0n) is 13.3. The molecule has 0 aliphatic rings. The van der Waals surface area contributed by atoms with Crippen LogP contribution in [0.2, 0.25) is 0 Å². The molecule has 1 heterocycles. The smallest absolute Gasteiger partial charge is 0.218 e. The summed E-state index contributed by atoms with van der Waals surface area (Å²) in [5.41, 5.74) is 1.59. The van der Waals surface area contributed by atoms with Crippen LogP contribution in [0, 0.1) is 6.92 Å². The summed E-state index contributed by atoms with van der Waals surface area (Å²) in [5.74, 6) is 0.552. The van der Waals surface area contributed by atoms with E-state index in [1.165, 1.54) is 0 Å². The lowest BCUT2D eigenvalue weighted by atomic mass is 10.2. The van der Waals surface area contributed by atoms with Gasteiger partial charge in [-0.3, -0.25) is 0 Å². The van der Waals surface area contributed by atoms with Gasteiger partial charge in [0.2, 0.25) is 0 Å². The third-order valence-electron chi connectivity index (χ3n) is 3.45. The highest BCUT2D eigenvalue weighted by molar-refractivity contribution is 7.98. The van der Waals surface area contributed by atoms with Crippen molar-refractivity contribution < 1.29 is 13.2 Å². The minimum atomic E-state index is -4.59. The quantitative estimate of drug-likeness (QED) is 0.602. The lowest BCUT2D eigenvalue weighted by molar-refractivity contribution is -0.144. The van der Waals surface area contributed by atoms with Crippen molar-refractivity contribution in [3.8, 4) is 11.4 Å². The molecule has 3 aromatic rings. The maximum Gasteiger partial charge on any atom is 0.437 e. The molecule has 0 fully saturated rings. The van der Waals surface area contributed by atoms with Gasteiger partial charge in [-0.25, -0.2) is 4.98 Å². The van der Waals surface area contributed by atoms with Crippen molar-refractivity contribution in [2.24, 2.45) is 0 Å². The summed E-state index contributed by atoms with van der Waals surface area (Å²) >= 11 is 1.01. The van der Waals surface area contributed by atoms with Gasteiger partial charge in [-0.1, -0.05) is 71.9 Å². The van der Waals surface area contributed by atoms with Crippen molar-refractivity contribution in [1.82, 2.24) is 15.2 Å². The van der Waals surface area contributed by atoms with Crippen LogP contribution < -0.4 is 0 Å². The van der Waals surface area contributed by atoms with Gasteiger partial charge < -0.3 is 0 Å². The number of benzene rings is 2. The Labute approximate surface area is 147 Å². The molecule has 0 atom stereocenters. The molecule has 0 N–H and O–H groups in total. The van der Waals surface area contributed by atoms with Crippen molar-refractivity contribution in [3.63, 3.8) is 0 Å². The standard InChI is InChI=1S/C18H14F3N3S/c1-12-7-9-13(10-8-12)11-25-17-15(18(19,20)21)23-24-16(22-17)14-5-3-2-4-6-14/h2-10H,11H2,1H3. The van der Waals surface area contributed by atoms with Crippen molar-refractivity contribution in [2.75, 3.05) is 0 Å². The molecule has 2 aromatic carbocycles. The first-order chi connectivity index (χ1) is 11.9. The summed E-state index contributed by atoms with van der Waals surface area (Å²) in [6.45, 7) is 1.96. The zero-order valence-corrected chi connectivity index (χ0v) is 14.1. The van der Waals surface area contributed by atoms with Crippen LogP contribution in [0.3, 0.4) is 0 Å².